The van der Waals surface area contributed by atoms with Gasteiger partial charge in [-0.25, -0.2) is 0 Å². The van der Waals surface area contributed by atoms with Crippen LogP contribution >= 0.6 is 0 Å². The molecule has 0 aliphatic heterocycles. The smallest absolute Gasteiger partial charge is 0.248 e. The zero-order valence-corrected chi connectivity index (χ0v) is 8.59. The third-order valence-electron chi connectivity index (χ3n) is 1.98. The Morgan fingerprint density at radius 3 is 2.62 bits per heavy atom. The lowest BCUT2D eigenvalue weighted by Gasteiger charge is -1.99. The van der Waals surface area contributed by atoms with E-state index in [1.165, 1.54) is 6.08 Å². The quantitative estimate of drug-likeness (QED) is 0.796. The summed E-state index contributed by atoms with van der Waals surface area (Å²) in [7, 11) is 0. The fourth-order valence-corrected chi connectivity index (χ4v) is 1.25. The van der Waals surface area contributed by atoms with E-state index in [9.17, 15) is 4.79 Å². The minimum absolute atomic E-state index is 0.178. The van der Waals surface area contributed by atoms with E-state index in [4.69, 9.17) is 4.42 Å². The molecular weight excluding hydrogens is 202 g/mol. The molecule has 1 aromatic heterocycles. The molecule has 1 heterocycles. The fraction of sp³-hybridized carbons (Fsp3) is 0. The van der Waals surface area contributed by atoms with Gasteiger partial charge in [0.2, 0.25) is 5.91 Å². The molecule has 1 amide bonds. The number of furan rings is 1. The lowest BCUT2D eigenvalue weighted by molar-refractivity contribution is -0.111. The van der Waals surface area contributed by atoms with Crippen LogP contribution in [-0.4, -0.2) is 5.91 Å². The van der Waals surface area contributed by atoms with Gasteiger partial charge in [0.1, 0.15) is 5.76 Å². The van der Waals surface area contributed by atoms with E-state index < -0.39 is 0 Å². The van der Waals surface area contributed by atoms with Gasteiger partial charge in [0, 0.05) is 11.8 Å². The predicted octanol–water partition coefficient (Wildman–Crippen LogP) is 2.93. The van der Waals surface area contributed by atoms with Crippen LogP contribution in [0.4, 0.5) is 5.69 Å². The zero-order chi connectivity index (χ0) is 11.2. The SMILES string of the molecule is O=C(/C=C/c1ccco1)Nc1ccccc1. The summed E-state index contributed by atoms with van der Waals surface area (Å²) in [5, 5.41) is 2.74. The van der Waals surface area contributed by atoms with Crippen LogP contribution in [0.3, 0.4) is 0 Å². The molecule has 0 atom stereocenters. The summed E-state index contributed by atoms with van der Waals surface area (Å²) >= 11 is 0. The van der Waals surface area contributed by atoms with Crippen molar-refractivity contribution in [2.24, 2.45) is 0 Å². The molecule has 0 spiro atoms. The molecule has 0 fully saturated rings. The molecule has 0 saturated carbocycles. The van der Waals surface area contributed by atoms with Gasteiger partial charge in [-0.05, 0) is 30.3 Å². The molecule has 1 N–H and O–H groups in total. The molecule has 0 radical (unpaired) electrons. The third kappa shape index (κ3) is 2.85. The molecule has 3 nitrogen and oxygen atoms in total. The standard InChI is InChI=1S/C13H11NO2/c15-13(9-8-12-7-4-10-16-12)14-11-5-2-1-3-6-11/h1-10H,(H,14,15)/b9-8+. The Morgan fingerprint density at radius 1 is 1.12 bits per heavy atom. The highest BCUT2D eigenvalue weighted by Crippen LogP contribution is 2.06. The first kappa shape index (κ1) is 10.2. The van der Waals surface area contributed by atoms with E-state index in [1.54, 1.807) is 24.5 Å². The van der Waals surface area contributed by atoms with Gasteiger partial charge in [-0.3, -0.25) is 4.79 Å². The van der Waals surface area contributed by atoms with Gasteiger partial charge in [-0.15, -0.1) is 0 Å². The number of hydrogen-bond donors (Lipinski definition) is 1. The average molecular weight is 213 g/mol. The summed E-state index contributed by atoms with van der Waals surface area (Å²) in [6, 6.07) is 12.9. The molecule has 16 heavy (non-hydrogen) atoms. The largest absolute Gasteiger partial charge is 0.465 e. The molecule has 2 rings (SSSR count). The van der Waals surface area contributed by atoms with Gasteiger partial charge < -0.3 is 9.73 Å². The molecule has 0 saturated heterocycles. The van der Waals surface area contributed by atoms with Crippen molar-refractivity contribution in [1.29, 1.82) is 0 Å². The molecular formula is C13H11NO2. The van der Waals surface area contributed by atoms with Crippen LogP contribution in [-0.2, 0) is 4.79 Å². The van der Waals surface area contributed by atoms with Gasteiger partial charge in [0.05, 0.1) is 6.26 Å². The predicted molar refractivity (Wildman–Crippen MR) is 62.8 cm³/mol. The lowest BCUT2D eigenvalue weighted by Crippen LogP contribution is -2.07. The maximum atomic E-state index is 11.5. The van der Waals surface area contributed by atoms with Crippen molar-refractivity contribution in [2.45, 2.75) is 0 Å². The summed E-state index contributed by atoms with van der Waals surface area (Å²) in [5.74, 6) is 0.478. The van der Waals surface area contributed by atoms with Crippen molar-refractivity contribution < 1.29 is 9.21 Å². The van der Waals surface area contributed by atoms with Crippen LogP contribution in [0.25, 0.3) is 6.08 Å². The molecule has 80 valence electrons. The van der Waals surface area contributed by atoms with E-state index in [0.29, 0.717) is 5.76 Å². The second-order valence-electron chi connectivity index (χ2n) is 3.20. The minimum Gasteiger partial charge on any atom is -0.465 e. The number of nitrogens with one attached hydrogen (secondary N) is 1. The van der Waals surface area contributed by atoms with E-state index >= 15 is 0 Å². The highest BCUT2D eigenvalue weighted by atomic mass is 16.3. The molecule has 0 aliphatic carbocycles. The Bertz CT molecular complexity index is 472. The van der Waals surface area contributed by atoms with Crippen molar-refractivity contribution in [3.05, 3.63) is 60.6 Å². The molecule has 0 bridgehead atoms. The molecule has 0 unspecified atom stereocenters. The van der Waals surface area contributed by atoms with Gasteiger partial charge in [-0.1, -0.05) is 18.2 Å². The Balaban J connectivity index is 1.95. The third-order valence-corrected chi connectivity index (χ3v) is 1.98. The molecule has 0 aliphatic rings. The highest BCUT2D eigenvalue weighted by molar-refractivity contribution is 6.01. The Kier molecular flexibility index (Phi) is 3.18. The summed E-state index contributed by atoms with van der Waals surface area (Å²) in [6.45, 7) is 0. The van der Waals surface area contributed by atoms with Crippen LogP contribution in [0.5, 0.6) is 0 Å². The summed E-state index contributed by atoms with van der Waals surface area (Å²) in [6.07, 6.45) is 4.62. The zero-order valence-electron chi connectivity index (χ0n) is 8.59. The molecule has 1 aromatic carbocycles. The second-order valence-corrected chi connectivity index (χ2v) is 3.20. The van der Waals surface area contributed by atoms with Crippen LogP contribution in [0.2, 0.25) is 0 Å². The van der Waals surface area contributed by atoms with Crippen LogP contribution in [0, 0.1) is 0 Å². The Labute approximate surface area is 93.4 Å². The normalized spacial score (nSPS) is 10.5. The number of rotatable bonds is 3. The Morgan fingerprint density at radius 2 is 1.94 bits per heavy atom. The fourth-order valence-electron chi connectivity index (χ4n) is 1.25. The van der Waals surface area contributed by atoms with E-state index in [-0.39, 0.29) is 5.91 Å². The first-order chi connectivity index (χ1) is 7.84. The van der Waals surface area contributed by atoms with Crippen LogP contribution in [0.1, 0.15) is 5.76 Å². The maximum Gasteiger partial charge on any atom is 0.248 e. The van der Waals surface area contributed by atoms with E-state index in [1.807, 2.05) is 30.3 Å². The number of amides is 1. The summed E-state index contributed by atoms with van der Waals surface area (Å²) < 4.78 is 5.07. The van der Waals surface area contributed by atoms with Crippen molar-refractivity contribution in [3.63, 3.8) is 0 Å². The van der Waals surface area contributed by atoms with Crippen LogP contribution in [0.15, 0.2) is 59.2 Å². The van der Waals surface area contributed by atoms with E-state index in [0.717, 1.165) is 5.69 Å². The molecule has 2 aromatic rings. The summed E-state index contributed by atoms with van der Waals surface area (Å²) in [5.41, 5.74) is 0.775. The second kappa shape index (κ2) is 4.98. The first-order valence-electron chi connectivity index (χ1n) is 4.92. The number of hydrogen-bond acceptors (Lipinski definition) is 2. The topological polar surface area (TPSA) is 42.2 Å². The number of para-hydroxylation sites is 1. The number of benzene rings is 1. The van der Waals surface area contributed by atoms with Gasteiger partial charge in [-0.2, -0.15) is 0 Å². The van der Waals surface area contributed by atoms with Crippen molar-refractivity contribution in [3.8, 4) is 0 Å². The van der Waals surface area contributed by atoms with Gasteiger partial charge in [0.15, 0.2) is 0 Å². The highest BCUT2D eigenvalue weighted by Gasteiger charge is 1.96. The van der Waals surface area contributed by atoms with Gasteiger partial charge >= 0.3 is 0 Å². The minimum atomic E-state index is -0.178. The molecule has 3 heteroatoms. The maximum absolute atomic E-state index is 11.5. The summed E-state index contributed by atoms with van der Waals surface area (Å²) in [4.78, 5) is 11.5. The van der Waals surface area contributed by atoms with Crippen molar-refractivity contribution >= 4 is 17.7 Å². The Hall–Kier alpha value is -2.29. The average Bonchev–Trinajstić information content (AvgIpc) is 2.81. The number of anilines is 1. The van der Waals surface area contributed by atoms with Crippen LogP contribution < -0.4 is 5.32 Å². The van der Waals surface area contributed by atoms with Crippen molar-refractivity contribution in [2.75, 3.05) is 5.32 Å². The monoisotopic (exact) mass is 213 g/mol. The van der Waals surface area contributed by atoms with E-state index in [2.05, 4.69) is 5.32 Å². The first-order valence-corrected chi connectivity index (χ1v) is 4.92. The number of carbonyl (C=O) groups excluding carboxylic acids is 1. The van der Waals surface area contributed by atoms with Gasteiger partial charge in [0.25, 0.3) is 0 Å². The number of carbonyl (C=O) groups is 1. The lowest BCUT2D eigenvalue weighted by atomic mass is 10.3. The van der Waals surface area contributed by atoms with Crippen molar-refractivity contribution in [1.82, 2.24) is 0 Å².